The summed E-state index contributed by atoms with van der Waals surface area (Å²) in [5.74, 6) is 0.0638. The molecule has 0 radical (unpaired) electrons. The molecule has 1 aromatic rings. The molecule has 2 unspecified atom stereocenters. The average molecular weight is 206 g/mol. The van der Waals surface area contributed by atoms with Gasteiger partial charge in [-0.15, -0.1) is 0 Å². The number of rotatable bonds is 1. The maximum atomic E-state index is 11.6. The first-order chi connectivity index (χ1) is 7.18. The molecule has 2 atom stereocenters. The average Bonchev–Trinajstić information content (AvgIpc) is 2.23. The van der Waals surface area contributed by atoms with Crippen molar-refractivity contribution in [2.45, 2.75) is 19.0 Å². The van der Waals surface area contributed by atoms with E-state index in [1.165, 1.54) is 0 Å². The molecule has 0 aromatic heterocycles. The molecular weight excluding hydrogens is 192 g/mol. The lowest BCUT2D eigenvalue weighted by Gasteiger charge is -2.29. The highest BCUT2D eigenvalue weighted by atomic mass is 16.3. The first kappa shape index (κ1) is 9.98. The van der Waals surface area contributed by atoms with Crippen molar-refractivity contribution in [3.63, 3.8) is 0 Å². The molecule has 4 nitrogen and oxygen atoms in total. The van der Waals surface area contributed by atoms with Crippen LogP contribution >= 0.6 is 0 Å². The molecule has 0 spiro atoms. The summed E-state index contributed by atoms with van der Waals surface area (Å²) in [5, 5.41) is 15.6. The molecule has 1 fully saturated rings. The molecule has 4 heteroatoms. The quantitative estimate of drug-likeness (QED) is 0.628. The number of carbonyl (C=O) groups is 1. The van der Waals surface area contributed by atoms with Crippen molar-refractivity contribution in [1.29, 1.82) is 0 Å². The molecule has 0 aliphatic carbocycles. The Morgan fingerprint density at radius 1 is 1.40 bits per heavy atom. The third kappa shape index (κ3) is 1.94. The fourth-order valence-corrected chi connectivity index (χ4v) is 1.74. The minimum atomic E-state index is -0.449. The zero-order chi connectivity index (χ0) is 10.8. The largest absolute Gasteiger partial charge is 0.508 e. The highest BCUT2D eigenvalue weighted by Gasteiger charge is 2.28. The van der Waals surface area contributed by atoms with Crippen LogP contribution in [0.2, 0.25) is 0 Å². The molecule has 1 saturated heterocycles. The minimum Gasteiger partial charge on any atom is -0.508 e. The van der Waals surface area contributed by atoms with Crippen LogP contribution in [0.1, 0.15) is 18.5 Å². The van der Waals surface area contributed by atoms with Gasteiger partial charge in [-0.05, 0) is 13.0 Å². The molecule has 0 bridgehead atoms. The van der Waals surface area contributed by atoms with Gasteiger partial charge in [0.2, 0.25) is 5.91 Å². The lowest BCUT2D eigenvalue weighted by Crippen LogP contribution is -2.52. The van der Waals surface area contributed by atoms with Gasteiger partial charge < -0.3 is 10.4 Å². The molecule has 15 heavy (non-hydrogen) atoms. The van der Waals surface area contributed by atoms with Crippen LogP contribution in [0.15, 0.2) is 24.3 Å². The molecule has 3 N–H and O–H groups in total. The van der Waals surface area contributed by atoms with Crippen LogP contribution in [-0.4, -0.2) is 23.6 Å². The Hall–Kier alpha value is -1.55. The van der Waals surface area contributed by atoms with Crippen LogP contribution in [0.25, 0.3) is 0 Å². The second kappa shape index (κ2) is 3.90. The molecule has 1 aliphatic heterocycles. The summed E-state index contributed by atoms with van der Waals surface area (Å²) in [7, 11) is 0. The third-order valence-corrected chi connectivity index (χ3v) is 2.54. The monoisotopic (exact) mass is 206 g/mol. The standard InChI is InChI=1S/C11H14N2O2/c1-7-6-12-11(15)10(13-7)8-4-2-3-5-9(8)14/h2-5,7,10,13-14H,6H2,1H3,(H,12,15). The first-order valence-corrected chi connectivity index (χ1v) is 5.00. The van der Waals surface area contributed by atoms with Crippen molar-refractivity contribution >= 4 is 5.91 Å². The van der Waals surface area contributed by atoms with Crippen LogP contribution in [-0.2, 0) is 4.79 Å². The molecule has 1 aliphatic rings. The van der Waals surface area contributed by atoms with Gasteiger partial charge in [0.15, 0.2) is 0 Å². The zero-order valence-corrected chi connectivity index (χ0v) is 8.53. The van der Waals surface area contributed by atoms with Crippen molar-refractivity contribution in [3.8, 4) is 5.75 Å². The zero-order valence-electron chi connectivity index (χ0n) is 8.53. The smallest absolute Gasteiger partial charge is 0.241 e. The van der Waals surface area contributed by atoms with Crippen LogP contribution in [0.4, 0.5) is 0 Å². The maximum absolute atomic E-state index is 11.6. The Morgan fingerprint density at radius 2 is 2.13 bits per heavy atom. The Bertz CT molecular complexity index is 379. The van der Waals surface area contributed by atoms with E-state index in [1.54, 1.807) is 18.2 Å². The number of carbonyl (C=O) groups excluding carboxylic acids is 1. The SMILES string of the molecule is CC1CNC(=O)C(c2ccccc2O)N1. The van der Waals surface area contributed by atoms with E-state index in [0.29, 0.717) is 12.1 Å². The fraction of sp³-hybridized carbons (Fsp3) is 0.364. The summed E-state index contributed by atoms with van der Waals surface area (Å²) in [5.41, 5.74) is 0.626. The Balaban J connectivity index is 2.29. The number of piperazine rings is 1. The van der Waals surface area contributed by atoms with E-state index < -0.39 is 6.04 Å². The van der Waals surface area contributed by atoms with Crippen LogP contribution in [0.3, 0.4) is 0 Å². The Kier molecular flexibility index (Phi) is 2.60. The van der Waals surface area contributed by atoms with Crippen LogP contribution in [0.5, 0.6) is 5.75 Å². The topological polar surface area (TPSA) is 61.4 Å². The lowest BCUT2D eigenvalue weighted by molar-refractivity contribution is -0.125. The van der Waals surface area contributed by atoms with E-state index in [2.05, 4.69) is 10.6 Å². The van der Waals surface area contributed by atoms with Crippen LogP contribution in [0, 0.1) is 0 Å². The van der Waals surface area contributed by atoms with E-state index in [9.17, 15) is 9.90 Å². The van der Waals surface area contributed by atoms with Gasteiger partial charge in [-0.2, -0.15) is 0 Å². The molecule has 1 aromatic carbocycles. The lowest BCUT2D eigenvalue weighted by atomic mass is 10.0. The van der Waals surface area contributed by atoms with E-state index in [0.717, 1.165) is 0 Å². The van der Waals surface area contributed by atoms with Gasteiger partial charge in [-0.1, -0.05) is 18.2 Å². The molecule has 1 heterocycles. The van der Waals surface area contributed by atoms with Crippen molar-refractivity contribution in [1.82, 2.24) is 10.6 Å². The first-order valence-electron chi connectivity index (χ1n) is 5.00. The predicted molar refractivity (Wildman–Crippen MR) is 56.5 cm³/mol. The highest BCUT2D eigenvalue weighted by Crippen LogP contribution is 2.25. The summed E-state index contributed by atoms with van der Waals surface area (Å²) in [6.45, 7) is 2.62. The number of hydrogen-bond donors (Lipinski definition) is 3. The predicted octanol–water partition coefficient (Wildman–Crippen LogP) is 0.541. The summed E-state index contributed by atoms with van der Waals surface area (Å²) >= 11 is 0. The van der Waals surface area contributed by atoms with Crippen molar-refractivity contribution in [2.24, 2.45) is 0 Å². The van der Waals surface area contributed by atoms with Crippen molar-refractivity contribution < 1.29 is 9.90 Å². The number of hydrogen-bond acceptors (Lipinski definition) is 3. The minimum absolute atomic E-state index is 0.0883. The number of benzene rings is 1. The van der Waals surface area contributed by atoms with E-state index in [1.807, 2.05) is 13.0 Å². The van der Waals surface area contributed by atoms with Gasteiger partial charge >= 0.3 is 0 Å². The number of amides is 1. The number of nitrogens with one attached hydrogen (secondary N) is 2. The second-order valence-corrected chi connectivity index (χ2v) is 3.80. The molecule has 2 rings (SSSR count). The molecule has 80 valence electrons. The van der Waals surface area contributed by atoms with Gasteiger partial charge in [0.05, 0.1) is 0 Å². The van der Waals surface area contributed by atoms with E-state index in [-0.39, 0.29) is 17.7 Å². The summed E-state index contributed by atoms with van der Waals surface area (Å²) in [4.78, 5) is 11.6. The number of phenols is 1. The summed E-state index contributed by atoms with van der Waals surface area (Å²) < 4.78 is 0. The molecule has 1 amide bonds. The fourth-order valence-electron chi connectivity index (χ4n) is 1.74. The third-order valence-electron chi connectivity index (χ3n) is 2.54. The van der Waals surface area contributed by atoms with Gasteiger partial charge in [0.25, 0.3) is 0 Å². The Labute approximate surface area is 88.3 Å². The summed E-state index contributed by atoms with van der Waals surface area (Å²) in [6, 6.07) is 6.66. The van der Waals surface area contributed by atoms with Gasteiger partial charge in [0, 0.05) is 18.2 Å². The van der Waals surface area contributed by atoms with Crippen LogP contribution < -0.4 is 10.6 Å². The maximum Gasteiger partial charge on any atom is 0.241 e. The number of para-hydroxylation sites is 1. The number of phenolic OH excluding ortho intramolecular Hbond substituents is 1. The normalized spacial score (nSPS) is 26.1. The molecular formula is C11H14N2O2. The summed E-state index contributed by atoms with van der Waals surface area (Å²) in [6.07, 6.45) is 0. The molecule has 0 saturated carbocycles. The van der Waals surface area contributed by atoms with E-state index in [4.69, 9.17) is 0 Å². The van der Waals surface area contributed by atoms with Crippen molar-refractivity contribution in [2.75, 3.05) is 6.54 Å². The van der Waals surface area contributed by atoms with Crippen molar-refractivity contribution in [3.05, 3.63) is 29.8 Å². The number of aromatic hydroxyl groups is 1. The van der Waals surface area contributed by atoms with Gasteiger partial charge in [0.1, 0.15) is 11.8 Å². The highest BCUT2D eigenvalue weighted by molar-refractivity contribution is 5.84. The van der Waals surface area contributed by atoms with Gasteiger partial charge in [-0.25, -0.2) is 0 Å². The van der Waals surface area contributed by atoms with Gasteiger partial charge in [-0.3, -0.25) is 10.1 Å². The van der Waals surface area contributed by atoms with E-state index >= 15 is 0 Å². The Morgan fingerprint density at radius 3 is 2.87 bits per heavy atom. The second-order valence-electron chi connectivity index (χ2n) is 3.80.